The van der Waals surface area contributed by atoms with Gasteiger partial charge in [-0.15, -0.1) is 0 Å². The van der Waals surface area contributed by atoms with Crippen LogP contribution in [0.4, 0.5) is 0 Å². The Morgan fingerprint density at radius 2 is 0.868 bits per heavy atom. The van der Waals surface area contributed by atoms with Gasteiger partial charge in [0.2, 0.25) is 0 Å². The second-order valence-electron chi connectivity index (χ2n) is 9.58. The monoisotopic (exact) mass is 487 g/mol. The van der Waals surface area contributed by atoms with Crippen LogP contribution in [-0.4, -0.2) is 4.98 Å². The molecule has 4 aromatic carbocycles. The summed E-state index contributed by atoms with van der Waals surface area (Å²) in [5.74, 6) is 0.103. The van der Waals surface area contributed by atoms with Crippen LogP contribution < -0.4 is 0 Å². The Balaban J connectivity index is 1.55. The van der Waals surface area contributed by atoms with Gasteiger partial charge in [-0.2, -0.15) is 0 Å². The van der Waals surface area contributed by atoms with Gasteiger partial charge < -0.3 is 0 Å². The summed E-state index contributed by atoms with van der Waals surface area (Å²) in [4.78, 5) is 4.35. The van der Waals surface area contributed by atoms with Crippen molar-refractivity contribution < 1.29 is 0 Å². The van der Waals surface area contributed by atoms with E-state index in [0.717, 1.165) is 0 Å². The van der Waals surface area contributed by atoms with Crippen LogP contribution >= 0.6 is 0 Å². The zero-order chi connectivity index (χ0) is 25.6. The van der Waals surface area contributed by atoms with Crippen molar-refractivity contribution in [2.45, 2.75) is 5.41 Å². The molecule has 38 heavy (non-hydrogen) atoms. The van der Waals surface area contributed by atoms with Crippen LogP contribution in [0.25, 0.3) is 5.57 Å². The summed E-state index contributed by atoms with van der Waals surface area (Å²) >= 11 is 0. The number of nitrogens with zero attached hydrogens (tertiary/aromatic N) is 1. The summed E-state index contributed by atoms with van der Waals surface area (Å²) in [6.07, 6.45) is 13.2. The van der Waals surface area contributed by atoms with Gasteiger partial charge in [-0.3, -0.25) is 4.98 Å². The van der Waals surface area contributed by atoms with Gasteiger partial charge in [-0.1, -0.05) is 146 Å². The summed E-state index contributed by atoms with van der Waals surface area (Å²) in [6, 6.07) is 47.4. The summed E-state index contributed by atoms with van der Waals surface area (Å²) in [5, 5.41) is 0. The Kier molecular flexibility index (Phi) is 6.66. The van der Waals surface area contributed by atoms with E-state index in [1.807, 2.05) is 12.4 Å². The minimum Gasteiger partial charge on any atom is -0.265 e. The summed E-state index contributed by atoms with van der Waals surface area (Å²) in [7, 11) is 0. The van der Waals surface area contributed by atoms with Crippen LogP contribution in [0.3, 0.4) is 0 Å². The Hall–Kier alpha value is -4.75. The molecule has 1 heterocycles. The van der Waals surface area contributed by atoms with E-state index in [1.165, 1.54) is 39.0 Å². The number of hydrogen-bond donors (Lipinski definition) is 0. The van der Waals surface area contributed by atoms with Crippen LogP contribution in [0, 0.1) is 5.92 Å². The summed E-state index contributed by atoms with van der Waals surface area (Å²) in [6.45, 7) is 0. The predicted octanol–water partition coefficient (Wildman–Crippen LogP) is 8.66. The van der Waals surface area contributed by atoms with Crippen molar-refractivity contribution in [3.8, 4) is 0 Å². The first-order chi connectivity index (χ1) is 18.9. The van der Waals surface area contributed by atoms with E-state index in [0.29, 0.717) is 0 Å². The molecule has 1 nitrogen and oxygen atoms in total. The third-order valence-electron chi connectivity index (χ3n) is 7.47. The number of allylic oxidation sites excluding steroid dienone is 5. The number of rotatable bonds is 6. The van der Waals surface area contributed by atoms with E-state index < -0.39 is 5.41 Å². The fourth-order valence-corrected chi connectivity index (χ4v) is 5.79. The Morgan fingerprint density at radius 1 is 0.474 bits per heavy atom. The molecular weight excluding hydrogens is 458 g/mol. The lowest BCUT2D eigenvalue weighted by Crippen LogP contribution is -2.36. The van der Waals surface area contributed by atoms with Gasteiger partial charge in [-0.25, -0.2) is 0 Å². The zero-order valence-electron chi connectivity index (χ0n) is 21.2. The van der Waals surface area contributed by atoms with Gasteiger partial charge in [0.05, 0.1) is 5.41 Å². The minimum absolute atomic E-state index is 0.103. The predicted molar refractivity (Wildman–Crippen MR) is 158 cm³/mol. The van der Waals surface area contributed by atoms with Crippen LogP contribution in [0.1, 0.15) is 27.8 Å². The molecule has 0 amide bonds. The number of aromatic nitrogens is 1. The highest BCUT2D eigenvalue weighted by atomic mass is 14.6. The Morgan fingerprint density at radius 3 is 1.32 bits per heavy atom. The number of hydrogen-bond acceptors (Lipinski definition) is 1. The molecule has 0 saturated carbocycles. The molecule has 0 unspecified atom stereocenters. The summed E-state index contributed by atoms with van der Waals surface area (Å²) < 4.78 is 0. The number of pyridine rings is 1. The lowest BCUT2D eigenvalue weighted by atomic mass is 9.61. The maximum Gasteiger partial charge on any atom is 0.0549 e. The van der Waals surface area contributed by atoms with Crippen molar-refractivity contribution in [2.24, 2.45) is 5.92 Å². The standard InChI is InChI=1S/C37H29N/c1-5-13-29(14-6-1)36(30-15-7-2-8-16-30)31-21-23-34(24-22-31)37(32-17-9-3-10-18-32,33-19-11-4-12-20-33)35-25-27-38-28-26-35/h1-28,34H. The third kappa shape index (κ3) is 4.33. The van der Waals surface area contributed by atoms with Crippen molar-refractivity contribution >= 4 is 5.57 Å². The van der Waals surface area contributed by atoms with Crippen molar-refractivity contribution in [1.29, 1.82) is 0 Å². The lowest BCUT2D eigenvalue weighted by molar-refractivity contribution is 0.521. The molecule has 1 aliphatic rings. The third-order valence-corrected chi connectivity index (χ3v) is 7.47. The quantitative estimate of drug-likeness (QED) is 0.233. The van der Waals surface area contributed by atoms with Gasteiger partial charge in [0.25, 0.3) is 0 Å². The molecule has 1 aromatic heterocycles. The fraction of sp³-hybridized carbons (Fsp3) is 0.0541. The maximum atomic E-state index is 4.35. The first-order valence-corrected chi connectivity index (χ1v) is 13.1. The highest BCUT2D eigenvalue weighted by Crippen LogP contribution is 2.48. The van der Waals surface area contributed by atoms with Gasteiger partial charge in [0, 0.05) is 18.3 Å². The molecule has 0 saturated heterocycles. The SMILES string of the molecule is C1=CC(C(c2ccccc2)(c2ccccc2)c2ccncc2)C=CC1=C(c1ccccc1)c1ccccc1. The largest absolute Gasteiger partial charge is 0.265 e. The lowest BCUT2D eigenvalue weighted by Gasteiger charge is -2.41. The van der Waals surface area contributed by atoms with Gasteiger partial charge >= 0.3 is 0 Å². The molecule has 182 valence electrons. The maximum absolute atomic E-state index is 4.35. The topological polar surface area (TPSA) is 12.9 Å². The van der Waals surface area contributed by atoms with E-state index in [-0.39, 0.29) is 5.92 Å². The molecule has 0 aliphatic heterocycles. The Bertz CT molecular complexity index is 1410. The summed E-state index contributed by atoms with van der Waals surface area (Å²) in [5.41, 5.74) is 8.23. The molecule has 1 heteroatoms. The molecule has 0 fully saturated rings. The molecule has 5 aromatic rings. The molecule has 0 spiro atoms. The van der Waals surface area contributed by atoms with Crippen molar-refractivity contribution in [3.63, 3.8) is 0 Å². The smallest absolute Gasteiger partial charge is 0.0549 e. The minimum atomic E-state index is -0.399. The molecule has 0 atom stereocenters. The Labute approximate surface area is 225 Å². The van der Waals surface area contributed by atoms with Crippen LogP contribution in [0.15, 0.2) is 176 Å². The normalized spacial score (nSPS) is 14.8. The van der Waals surface area contributed by atoms with Crippen molar-refractivity contribution in [1.82, 2.24) is 4.98 Å². The molecule has 0 bridgehead atoms. The molecule has 0 N–H and O–H groups in total. The first kappa shape index (κ1) is 23.6. The molecular formula is C37H29N. The van der Waals surface area contributed by atoms with Crippen molar-refractivity contribution in [2.75, 3.05) is 0 Å². The average molecular weight is 488 g/mol. The molecule has 0 radical (unpaired) electrons. The highest BCUT2D eigenvalue weighted by molar-refractivity contribution is 5.85. The zero-order valence-corrected chi connectivity index (χ0v) is 21.2. The average Bonchev–Trinajstić information content (AvgIpc) is 3.01. The van der Waals surface area contributed by atoms with Crippen molar-refractivity contribution in [3.05, 3.63) is 204 Å². The second kappa shape index (κ2) is 10.7. The van der Waals surface area contributed by atoms with Crippen LogP contribution in [-0.2, 0) is 5.41 Å². The fourth-order valence-electron chi connectivity index (χ4n) is 5.79. The molecule has 6 rings (SSSR count). The van der Waals surface area contributed by atoms with E-state index in [4.69, 9.17) is 0 Å². The second-order valence-corrected chi connectivity index (χ2v) is 9.58. The van der Waals surface area contributed by atoms with E-state index in [1.54, 1.807) is 0 Å². The van der Waals surface area contributed by atoms with E-state index in [9.17, 15) is 0 Å². The van der Waals surface area contributed by atoms with Crippen LogP contribution in [0.5, 0.6) is 0 Å². The van der Waals surface area contributed by atoms with E-state index in [2.05, 4.69) is 163 Å². The van der Waals surface area contributed by atoms with E-state index >= 15 is 0 Å². The number of benzene rings is 4. The highest BCUT2D eigenvalue weighted by Gasteiger charge is 2.42. The van der Waals surface area contributed by atoms with Crippen LogP contribution in [0.2, 0.25) is 0 Å². The first-order valence-electron chi connectivity index (χ1n) is 13.1. The molecule has 1 aliphatic carbocycles. The van der Waals surface area contributed by atoms with Gasteiger partial charge in [-0.05, 0) is 51.1 Å². The van der Waals surface area contributed by atoms with Gasteiger partial charge in [0.1, 0.15) is 0 Å². The van der Waals surface area contributed by atoms with Gasteiger partial charge in [0.15, 0.2) is 0 Å².